The van der Waals surface area contributed by atoms with Gasteiger partial charge in [-0.2, -0.15) is 0 Å². The number of anilines is 1. The van der Waals surface area contributed by atoms with Gasteiger partial charge in [0.2, 0.25) is 10.0 Å². The standard InChI is InChI=1S/C19H24N2O6S/c1-27-15-5-3-14(4-6-15)9-11-20-18-8-7-16(13-17(18)19(23)24)28(25,26)21-10-2-12-22/h3-8,13,20-22H,2,9-12H2,1H3,(H,23,24). The molecule has 0 radical (unpaired) electrons. The first kappa shape index (κ1) is 21.7. The number of rotatable bonds is 11. The van der Waals surface area contributed by atoms with Crippen molar-refractivity contribution in [1.29, 1.82) is 0 Å². The summed E-state index contributed by atoms with van der Waals surface area (Å²) in [6.07, 6.45) is 0.932. The van der Waals surface area contributed by atoms with Crippen LogP contribution in [-0.4, -0.2) is 51.4 Å². The van der Waals surface area contributed by atoms with E-state index in [0.717, 1.165) is 17.4 Å². The Bertz CT molecular complexity index is 897. The summed E-state index contributed by atoms with van der Waals surface area (Å²) in [5.74, 6) is -0.464. The Balaban J connectivity index is 2.08. The fourth-order valence-corrected chi connectivity index (χ4v) is 3.62. The van der Waals surface area contributed by atoms with Crippen molar-refractivity contribution in [2.45, 2.75) is 17.7 Å². The molecule has 9 heteroatoms. The quantitative estimate of drug-likeness (QED) is 0.417. The molecule has 0 aliphatic heterocycles. The van der Waals surface area contributed by atoms with Gasteiger partial charge in [0, 0.05) is 25.4 Å². The SMILES string of the molecule is COc1ccc(CCNc2ccc(S(=O)(=O)NCCCO)cc2C(=O)O)cc1. The zero-order chi connectivity index (χ0) is 20.6. The van der Waals surface area contributed by atoms with E-state index >= 15 is 0 Å². The molecule has 0 unspecified atom stereocenters. The minimum Gasteiger partial charge on any atom is -0.497 e. The minimum atomic E-state index is -3.84. The summed E-state index contributed by atoms with van der Waals surface area (Å²) >= 11 is 0. The Morgan fingerprint density at radius 2 is 1.82 bits per heavy atom. The van der Waals surface area contributed by atoms with Crippen molar-refractivity contribution in [3.63, 3.8) is 0 Å². The smallest absolute Gasteiger partial charge is 0.337 e. The highest BCUT2D eigenvalue weighted by Crippen LogP contribution is 2.21. The van der Waals surface area contributed by atoms with Gasteiger partial charge in [0.15, 0.2) is 0 Å². The van der Waals surface area contributed by atoms with E-state index in [-0.39, 0.29) is 30.0 Å². The molecule has 152 valence electrons. The Morgan fingerprint density at radius 1 is 1.11 bits per heavy atom. The lowest BCUT2D eigenvalue weighted by Crippen LogP contribution is -2.25. The van der Waals surface area contributed by atoms with Crippen LogP contribution in [0.1, 0.15) is 22.3 Å². The largest absolute Gasteiger partial charge is 0.497 e. The van der Waals surface area contributed by atoms with Gasteiger partial charge in [-0.05, 0) is 48.7 Å². The average Bonchev–Trinajstić information content (AvgIpc) is 2.68. The Morgan fingerprint density at radius 3 is 2.43 bits per heavy atom. The molecule has 0 aliphatic rings. The highest BCUT2D eigenvalue weighted by molar-refractivity contribution is 7.89. The van der Waals surface area contributed by atoms with E-state index in [9.17, 15) is 18.3 Å². The summed E-state index contributed by atoms with van der Waals surface area (Å²) in [4.78, 5) is 11.4. The van der Waals surface area contributed by atoms with Crippen molar-refractivity contribution in [2.75, 3.05) is 32.1 Å². The summed E-state index contributed by atoms with van der Waals surface area (Å²) in [5.41, 5.74) is 1.27. The molecule has 28 heavy (non-hydrogen) atoms. The van der Waals surface area contributed by atoms with Crippen molar-refractivity contribution < 1.29 is 28.2 Å². The first-order valence-electron chi connectivity index (χ1n) is 8.72. The number of aliphatic hydroxyl groups excluding tert-OH is 1. The first-order valence-corrected chi connectivity index (χ1v) is 10.2. The van der Waals surface area contributed by atoms with Crippen LogP contribution in [0.4, 0.5) is 5.69 Å². The van der Waals surface area contributed by atoms with Gasteiger partial charge >= 0.3 is 5.97 Å². The van der Waals surface area contributed by atoms with Gasteiger partial charge in [0.1, 0.15) is 5.75 Å². The zero-order valence-corrected chi connectivity index (χ0v) is 16.3. The molecule has 8 nitrogen and oxygen atoms in total. The normalized spacial score (nSPS) is 11.2. The van der Waals surface area contributed by atoms with Gasteiger partial charge in [-0.3, -0.25) is 0 Å². The van der Waals surface area contributed by atoms with Crippen LogP contribution < -0.4 is 14.8 Å². The lowest BCUT2D eigenvalue weighted by Gasteiger charge is -2.12. The molecular formula is C19H24N2O6S. The fraction of sp³-hybridized carbons (Fsp3) is 0.316. The molecule has 0 saturated heterocycles. The van der Waals surface area contributed by atoms with Crippen LogP contribution in [0, 0.1) is 0 Å². The average molecular weight is 408 g/mol. The van der Waals surface area contributed by atoms with Crippen LogP contribution in [0.2, 0.25) is 0 Å². The Kier molecular flexibility index (Phi) is 7.80. The van der Waals surface area contributed by atoms with Crippen LogP contribution in [0.25, 0.3) is 0 Å². The fourth-order valence-electron chi connectivity index (χ4n) is 2.52. The predicted octanol–water partition coefficient (Wildman–Crippen LogP) is 1.71. The molecule has 0 heterocycles. The Labute approximate surface area is 164 Å². The van der Waals surface area contributed by atoms with Gasteiger partial charge in [0.25, 0.3) is 0 Å². The predicted molar refractivity (Wildman–Crippen MR) is 105 cm³/mol. The lowest BCUT2D eigenvalue weighted by atomic mass is 10.1. The molecule has 0 aliphatic carbocycles. The third kappa shape index (κ3) is 5.95. The second-order valence-corrected chi connectivity index (χ2v) is 7.78. The summed E-state index contributed by atoms with van der Waals surface area (Å²) in [6.45, 7) is 0.413. The summed E-state index contributed by atoms with van der Waals surface area (Å²) in [6, 6.07) is 11.5. The van der Waals surface area contributed by atoms with E-state index in [1.165, 1.54) is 12.1 Å². The van der Waals surface area contributed by atoms with Crippen LogP contribution >= 0.6 is 0 Å². The number of carboxylic acid groups (broad SMARTS) is 1. The number of nitrogens with one attached hydrogen (secondary N) is 2. The first-order chi connectivity index (χ1) is 13.4. The Hall–Kier alpha value is -2.62. The van der Waals surface area contributed by atoms with E-state index in [1.54, 1.807) is 7.11 Å². The summed E-state index contributed by atoms with van der Waals surface area (Å²) in [7, 11) is -2.25. The topological polar surface area (TPSA) is 125 Å². The van der Waals surface area contributed by atoms with Crippen LogP contribution in [0.3, 0.4) is 0 Å². The molecule has 0 aromatic heterocycles. The third-order valence-electron chi connectivity index (χ3n) is 4.05. The third-order valence-corrected chi connectivity index (χ3v) is 5.51. The van der Waals surface area contributed by atoms with Gasteiger partial charge in [-0.15, -0.1) is 0 Å². The zero-order valence-electron chi connectivity index (χ0n) is 15.5. The molecule has 2 rings (SSSR count). The van der Waals surface area contributed by atoms with Crippen molar-refractivity contribution in [1.82, 2.24) is 4.72 Å². The number of sulfonamides is 1. The van der Waals surface area contributed by atoms with Crippen LogP contribution in [0.15, 0.2) is 47.4 Å². The highest BCUT2D eigenvalue weighted by atomic mass is 32.2. The van der Waals surface area contributed by atoms with Crippen molar-refractivity contribution in [3.05, 3.63) is 53.6 Å². The molecule has 2 aromatic rings. The van der Waals surface area contributed by atoms with E-state index < -0.39 is 16.0 Å². The maximum Gasteiger partial charge on any atom is 0.337 e. The number of benzene rings is 2. The number of carboxylic acids is 1. The molecule has 0 amide bonds. The van der Waals surface area contributed by atoms with Crippen molar-refractivity contribution >= 4 is 21.7 Å². The monoisotopic (exact) mass is 408 g/mol. The maximum absolute atomic E-state index is 12.2. The van der Waals surface area contributed by atoms with Gasteiger partial charge in [0.05, 0.1) is 17.6 Å². The summed E-state index contributed by atoms with van der Waals surface area (Å²) in [5, 5.41) is 21.2. The molecule has 0 bridgehead atoms. The van der Waals surface area contributed by atoms with Gasteiger partial charge in [-0.25, -0.2) is 17.9 Å². The van der Waals surface area contributed by atoms with Crippen LogP contribution in [-0.2, 0) is 16.4 Å². The number of ether oxygens (including phenoxy) is 1. The number of aromatic carboxylic acids is 1. The van der Waals surface area contributed by atoms with Gasteiger partial charge < -0.3 is 20.3 Å². The molecule has 4 N–H and O–H groups in total. The lowest BCUT2D eigenvalue weighted by molar-refractivity contribution is 0.0697. The van der Waals surface area contributed by atoms with E-state index in [4.69, 9.17) is 9.84 Å². The number of methoxy groups -OCH3 is 1. The molecule has 0 fully saturated rings. The second kappa shape index (κ2) is 10.1. The number of hydrogen-bond acceptors (Lipinski definition) is 6. The molecular weight excluding hydrogens is 384 g/mol. The molecule has 0 atom stereocenters. The number of aliphatic hydroxyl groups is 1. The molecule has 0 spiro atoms. The highest BCUT2D eigenvalue weighted by Gasteiger charge is 2.18. The summed E-state index contributed by atoms with van der Waals surface area (Å²) < 4.78 is 31.9. The van der Waals surface area contributed by atoms with Crippen molar-refractivity contribution in [2.24, 2.45) is 0 Å². The van der Waals surface area contributed by atoms with Gasteiger partial charge in [-0.1, -0.05) is 12.1 Å². The molecule has 2 aromatic carbocycles. The number of carbonyl (C=O) groups is 1. The van der Waals surface area contributed by atoms with E-state index in [1.807, 2.05) is 24.3 Å². The number of hydrogen-bond donors (Lipinski definition) is 4. The molecule has 0 saturated carbocycles. The van der Waals surface area contributed by atoms with E-state index in [0.29, 0.717) is 18.7 Å². The van der Waals surface area contributed by atoms with E-state index in [2.05, 4.69) is 10.0 Å². The second-order valence-electron chi connectivity index (χ2n) is 6.01. The maximum atomic E-state index is 12.2. The van der Waals surface area contributed by atoms with Crippen molar-refractivity contribution in [3.8, 4) is 5.75 Å². The van der Waals surface area contributed by atoms with Crippen LogP contribution in [0.5, 0.6) is 5.75 Å². The minimum absolute atomic E-state index is 0.0725.